The highest BCUT2D eigenvalue weighted by Gasteiger charge is 2.61. The average molecular weight is 618 g/mol. The van der Waals surface area contributed by atoms with E-state index in [1.807, 2.05) is 32.9 Å². The van der Waals surface area contributed by atoms with Crippen molar-refractivity contribution in [3.8, 4) is 0 Å². The van der Waals surface area contributed by atoms with Crippen LogP contribution < -0.4 is 0 Å². The second kappa shape index (κ2) is 14.3. The van der Waals surface area contributed by atoms with Gasteiger partial charge in [0.15, 0.2) is 5.78 Å². The molecule has 0 bridgehead atoms. The van der Waals surface area contributed by atoms with Crippen LogP contribution in [0.5, 0.6) is 0 Å². The van der Waals surface area contributed by atoms with Crippen molar-refractivity contribution < 1.29 is 43.9 Å². The van der Waals surface area contributed by atoms with E-state index in [0.29, 0.717) is 39.0 Å². The van der Waals surface area contributed by atoms with Crippen molar-refractivity contribution in [3.63, 3.8) is 0 Å². The van der Waals surface area contributed by atoms with Crippen LogP contribution >= 0.6 is 0 Å². The highest BCUT2D eigenvalue weighted by atomic mass is 16.6. The largest absolute Gasteiger partial charge is 0.513 e. The molecule has 4 rings (SSSR count). The molecule has 3 N–H and O–H groups in total. The van der Waals surface area contributed by atoms with Gasteiger partial charge in [0.05, 0.1) is 36.8 Å². The molecule has 0 aromatic rings. The number of allylic oxidation sites excluding steroid dienone is 3. The molecular formula is C34H51NO9. The minimum Gasteiger partial charge on any atom is -0.513 e. The van der Waals surface area contributed by atoms with Gasteiger partial charge < -0.3 is 39.2 Å². The number of aliphatic hydroxyl groups is 3. The molecule has 0 aromatic heterocycles. The minimum atomic E-state index is -0.780. The van der Waals surface area contributed by atoms with Crippen LogP contribution in [0.25, 0.3) is 0 Å². The van der Waals surface area contributed by atoms with Crippen molar-refractivity contribution in [2.24, 2.45) is 17.8 Å². The van der Waals surface area contributed by atoms with Crippen molar-refractivity contribution in [2.75, 3.05) is 26.3 Å². The van der Waals surface area contributed by atoms with Crippen LogP contribution in [-0.4, -0.2) is 100 Å². The first-order valence-corrected chi connectivity index (χ1v) is 15.9. The first-order chi connectivity index (χ1) is 20.7. The van der Waals surface area contributed by atoms with Gasteiger partial charge in [0.25, 0.3) is 0 Å². The first kappa shape index (κ1) is 34.4. The zero-order valence-corrected chi connectivity index (χ0v) is 26.8. The smallest absolute Gasteiger partial charge is 0.410 e. The lowest BCUT2D eigenvalue weighted by atomic mass is 9.81. The third kappa shape index (κ3) is 8.60. The van der Waals surface area contributed by atoms with Gasteiger partial charge >= 0.3 is 6.09 Å². The lowest BCUT2D eigenvalue weighted by molar-refractivity contribution is -0.192. The molecule has 4 heterocycles. The van der Waals surface area contributed by atoms with E-state index < -0.39 is 35.6 Å². The van der Waals surface area contributed by atoms with E-state index in [1.54, 1.807) is 17.9 Å². The standard InChI is InChI=1S/C34H51NO9/c1-21(8-12-30-31(39)34(20-41-34)18-33(6,19-36)44-30)7-11-29-22(2)15-27(25(5)43-29)16-28(38)10-9-23(3)42-32(40)35-14-13-26(17-35)24(4)37/h7-10,12,22-23,25-27,29-31,36-37,39H,4,11,13-20H2,1-3,5-6H3/b10-9-,12-8+,21-7+/t22-,23-,25+,26-,27-,29-,30?,31+,33-,34+/m0/s1. The number of epoxide rings is 1. The summed E-state index contributed by atoms with van der Waals surface area (Å²) < 4.78 is 23.4. The van der Waals surface area contributed by atoms with Crippen molar-refractivity contribution in [3.05, 3.63) is 48.3 Å². The van der Waals surface area contributed by atoms with Crippen LogP contribution in [0, 0.1) is 17.8 Å². The fourth-order valence-corrected chi connectivity index (χ4v) is 6.61. The summed E-state index contributed by atoms with van der Waals surface area (Å²) in [5.41, 5.74) is -0.358. The molecule has 4 saturated heterocycles. The lowest BCUT2D eigenvalue weighted by Gasteiger charge is -2.42. The van der Waals surface area contributed by atoms with E-state index in [-0.39, 0.29) is 48.1 Å². The third-order valence-corrected chi connectivity index (χ3v) is 9.60. The number of hydrogen-bond donors (Lipinski definition) is 3. The number of amides is 1. The predicted octanol–water partition coefficient (Wildman–Crippen LogP) is 4.41. The van der Waals surface area contributed by atoms with Crippen LogP contribution in [0.4, 0.5) is 4.79 Å². The van der Waals surface area contributed by atoms with E-state index in [2.05, 4.69) is 19.6 Å². The molecule has 0 aliphatic carbocycles. The third-order valence-electron chi connectivity index (χ3n) is 9.60. The number of likely N-dealkylation sites (tertiary alicyclic amines) is 1. The van der Waals surface area contributed by atoms with Gasteiger partial charge in [-0.25, -0.2) is 4.79 Å². The number of hydrogen-bond acceptors (Lipinski definition) is 9. The van der Waals surface area contributed by atoms with Gasteiger partial charge in [0.2, 0.25) is 0 Å². The van der Waals surface area contributed by atoms with Crippen molar-refractivity contribution in [1.82, 2.24) is 4.90 Å². The summed E-state index contributed by atoms with van der Waals surface area (Å²) in [7, 11) is 0. The Morgan fingerprint density at radius 2 is 1.98 bits per heavy atom. The maximum atomic E-state index is 12.8. The molecule has 246 valence electrons. The van der Waals surface area contributed by atoms with Gasteiger partial charge in [0.1, 0.15) is 23.9 Å². The number of nitrogens with zero attached hydrogens (tertiary/aromatic N) is 1. The molecule has 44 heavy (non-hydrogen) atoms. The Morgan fingerprint density at radius 3 is 2.61 bits per heavy atom. The number of carbonyl (C=O) groups is 2. The van der Waals surface area contributed by atoms with Gasteiger partial charge in [-0.05, 0) is 70.9 Å². The second-order valence-electron chi connectivity index (χ2n) is 13.6. The quantitative estimate of drug-likeness (QED) is 0.133. The van der Waals surface area contributed by atoms with Crippen LogP contribution in [0.15, 0.2) is 48.3 Å². The molecule has 10 atom stereocenters. The molecule has 0 saturated carbocycles. The first-order valence-electron chi connectivity index (χ1n) is 15.9. The zero-order chi connectivity index (χ0) is 32.2. The van der Waals surface area contributed by atoms with Gasteiger partial charge in [-0.15, -0.1) is 0 Å². The summed E-state index contributed by atoms with van der Waals surface area (Å²) >= 11 is 0. The van der Waals surface area contributed by atoms with Crippen LogP contribution in [-0.2, 0) is 23.7 Å². The fraction of sp³-hybridized carbons (Fsp3) is 0.706. The second-order valence-corrected chi connectivity index (χ2v) is 13.6. The van der Waals surface area contributed by atoms with E-state index in [0.717, 1.165) is 18.4 Å². The van der Waals surface area contributed by atoms with Crippen molar-refractivity contribution in [2.45, 2.75) is 108 Å². The molecule has 0 radical (unpaired) electrons. The number of ketones is 1. The molecule has 1 amide bonds. The van der Waals surface area contributed by atoms with Gasteiger partial charge in [-0.1, -0.05) is 37.3 Å². The Bertz CT molecular complexity index is 1140. The topological polar surface area (TPSA) is 138 Å². The fourth-order valence-electron chi connectivity index (χ4n) is 6.61. The summed E-state index contributed by atoms with van der Waals surface area (Å²) in [5, 5.41) is 30.1. The van der Waals surface area contributed by atoms with E-state index in [9.17, 15) is 24.9 Å². The SMILES string of the molecule is C=C(O)[C@H]1CCN(C(=O)O[C@@H](C)/C=C\C(=O)C[C@@H]2C[C@H](C)[C@H](C/C=C(C)/C=C/C3O[C@](C)(CO)C[C@@]4(CO4)[C@@H]3O)O[C@@H]2C)C1. The molecule has 4 aliphatic rings. The Balaban J connectivity index is 1.21. The number of rotatable bonds is 11. The lowest BCUT2D eigenvalue weighted by Crippen LogP contribution is -2.56. The Morgan fingerprint density at radius 1 is 1.25 bits per heavy atom. The molecule has 4 aliphatic heterocycles. The average Bonchev–Trinajstić information content (AvgIpc) is 3.54. The maximum Gasteiger partial charge on any atom is 0.410 e. The molecular weight excluding hydrogens is 566 g/mol. The molecule has 0 aromatic carbocycles. The maximum absolute atomic E-state index is 12.8. The Kier molecular flexibility index (Phi) is 11.2. The van der Waals surface area contributed by atoms with E-state index in [4.69, 9.17) is 18.9 Å². The molecule has 4 fully saturated rings. The highest BCUT2D eigenvalue weighted by Crippen LogP contribution is 2.46. The Hall–Kier alpha value is -2.50. The van der Waals surface area contributed by atoms with Crippen LogP contribution in [0.1, 0.15) is 66.7 Å². The number of ether oxygens (including phenoxy) is 4. The monoisotopic (exact) mass is 617 g/mol. The molecule has 1 unspecified atom stereocenters. The summed E-state index contributed by atoms with van der Waals surface area (Å²) in [6.07, 6.45) is 9.68. The molecule has 10 nitrogen and oxygen atoms in total. The van der Waals surface area contributed by atoms with Gasteiger partial charge in [-0.3, -0.25) is 4.79 Å². The van der Waals surface area contributed by atoms with Crippen LogP contribution in [0.3, 0.4) is 0 Å². The Labute approximate surface area is 261 Å². The molecule has 1 spiro atoms. The summed E-state index contributed by atoms with van der Waals surface area (Å²) in [6, 6.07) is 0. The summed E-state index contributed by atoms with van der Waals surface area (Å²) in [4.78, 5) is 26.7. The van der Waals surface area contributed by atoms with E-state index in [1.165, 1.54) is 6.08 Å². The summed E-state index contributed by atoms with van der Waals surface area (Å²) in [5.74, 6) is 0.292. The minimum absolute atomic E-state index is 0.0273. The van der Waals surface area contributed by atoms with Crippen molar-refractivity contribution >= 4 is 11.9 Å². The normalized spacial score (nSPS) is 38.4. The van der Waals surface area contributed by atoms with Crippen molar-refractivity contribution in [1.29, 1.82) is 0 Å². The van der Waals surface area contributed by atoms with Crippen LogP contribution in [0.2, 0.25) is 0 Å². The number of carbonyl (C=O) groups excluding carboxylic acids is 2. The zero-order valence-electron chi connectivity index (χ0n) is 26.8. The number of aliphatic hydroxyl groups excluding tert-OH is 3. The van der Waals surface area contributed by atoms with Gasteiger partial charge in [0, 0.05) is 31.8 Å². The van der Waals surface area contributed by atoms with Gasteiger partial charge in [-0.2, -0.15) is 0 Å². The van der Waals surface area contributed by atoms with E-state index >= 15 is 0 Å². The molecule has 10 heteroatoms. The summed E-state index contributed by atoms with van der Waals surface area (Å²) in [6.45, 7) is 14.5. The highest BCUT2D eigenvalue weighted by molar-refractivity contribution is 5.89. The predicted molar refractivity (Wildman–Crippen MR) is 165 cm³/mol.